The Kier molecular flexibility index (Phi) is 3.48. The van der Waals surface area contributed by atoms with Gasteiger partial charge in [0, 0.05) is 16.8 Å². The lowest BCUT2D eigenvalue weighted by molar-refractivity contribution is 0.611. The van der Waals surface area contributed by atoms with Crippen LogP contribution in [0.2, 0.25) is 5.02 Å². The van der Waals surface area contributed by atoms with E-state index in [1.165, 1.54) is 17.5 Å². The van der Waals surface area contributed by atoms with Crippen LogP contribution in [-0.2, 0) is 12.8 Å². The molecule has 0 saturated carbocycles. The number of nitrogens with one attached hydrogen (secondary N) is 1. The summed E-state index contributed by atoms with van der Waals surface area (Å²) in [5.74, 6) is 0. The Bertz CT molecular complexity index is 592. The number of fused-ring (bicyclic) bond motifs is 1. The van der Waals surface area contributed by atoms with Crippen molar-refractivity contribution in [1.82, 2.24) is 0 Å². The van der Waals surface area contributed by atoms with Gasteiger partial charge >= 0.3 is 0 Å². The summed E-state index contributed by atoms with van der Waals surface area (Å²) >= 11 is 6.17. The average molecular weight is 272 g/mol. The number of hydrogen-bond donors (Lipinski definition) is 1. The van der Waals surface area contributed by atoms with E-state index >= 15 is 0 Å². The predicted molar refractivity (Wildman–Crippen MR) is 82.1 cm³/mol. The van der Waals surface area contributed by atoms with Gasteiger partial charge in [-0.1, -0.05) is 41.9 Å². The van der Waals surface area contributed by atoms with E-state index in [1.54, 1.807) is 0 Å². The van der Waals surface area contributed by atoms with Crippen molar-refractivity contribution in [3.63, 3.8) is 0 Å². The molecule has 1 nitrogen and oxygen atoms in total. The van der Waals surface area contributed by atoms with Crippen LogP contribution < -0.4 is 5.32 Å². The summed E-state index contributed by atoms with van der Waals surface area (Å²) in [5, 5.41) is 4.44. The summed E-state index contributed by atoms with van der Waals surface area (Å²) in [6, 6.07) is 15.5. The molecule has 0 aliphatic heterocycles. The Morgan fingerprint density at radius 3 is 2.68 bits per heavy atom. The molecule has 0 aromatic heterocycles. The van der Waals surface area contributed by atoms with Gasteiger partial charge in [-0.2, -0.15) is 0 Å². The van der Waals surface area contributed by atoms with Gasteiger partial charge in [-0.05, 0) is 55.0 Å². The zero-order valence-corrected chi connectivity index (χ0v) is 11.9. The molecule has 2 heteroatoms. The number of aryl methyl sites for hydroxylation is 2. The summed E-state index contributed by atoms with van der Waals surface area (Å²) in [6.45, 7) is 2.03. The molecule has 1 N–H and O–H groups in total. The highest BCUT2D eigenvalue weighted by atomic mass is 35.5. The Hall–Kier alpha value is -1.47. The highest BCUT2D eigenvalue weighted by Crippen LogP contribution is 2.25. The Labute approximate surface area is 119 Å². The number of halogens is 1. The summed E-state index contributed by atoms with van der Waals surface area (Å²) in [6.07, 6.45) is 3.44. The third kappa shape index (κ3) is 2.76. The zero-order chi connectivity index (χ0) is 13.2. The second-order valence-corrected chi connectivity index (χ2v) is 5.72. The van der Waals surface area contributed by atoms with Crippen molar-refractivity contribution in [2.24, 2.45) is 0 Å². The first-order valence-corrected chi connectivity index (χ1v) is 7.19. The Morgan fingerprint density at radius 2 is 1.89 bits per heavy atom. The van der Waals surface area contributed by atoms with E-state index < -0.39 is 0 Å². The van der Waals surface area contributed by atoms with Crippen molar-refractivity contribution in [1.29, 1.82) is 0 Å². The lowest BCUT2D eigenvalue weighted by Gasteiger charge is -2.26. The maximum atomic E-state index is 6.17. The molecule has 0 amide bonds. The third-order valence-electron chi connectivity index (χ3n) is 3.89. The van der Waals surface area contributed by atoms with Crippen LogP contribution in [0.1, 0.15) is 23.1 Å². The normalized spacial score (nSPS) is 17.9. The molecule has 2 aromatic carbocycles. The zero-order valence-electron chi connectivity index (χ0n) is 11.1. The topological polar surface area (TPSA) is 12.0 Å². The molecule has 0 bridgehead atoms. The van der Waals surface area contributed by atoms with Gasteiger partial charge in [0.05, 0.1) is 0 Å². The van der Waals surface area contributed by atoms with Crippen LogP contribution in [0.5, 0.6) is 0 Å². The van der Waals surface area contributed by atoms with E-state index in [4.69, 9.17) is 11.6 Å². The molecule has 0 spiro atoms. The van der Waals surface area contributed by atoms with Crippen LogP contribution in [0, 0.1) is 6.92 Å². The van der Waals surface area contributed by atoms with Crippen LogP contribution in [0.4, 0.5) is 5.69 Å². The van der Waals surface area contributed by atoms with E-state index in [1.807, 2.05) is 13.0 Å². The molecule has 3 rings (SSSR count). The molecule has 1 atom stereocenters. The van der Waals surface area contributed by atoms with Gasteiger partial charge in [-0.3, -0.25) is 0 Å². The molecule has 1 aliphatic rings. The van der Waals surface area contributed by atoms with Gasteiger partial charge in [0.25, 0.3) is 0 Å². The fourth-order valence-electron chi connectivity index (χ4n) is 2.74. The summed E-state index contributed by atoms with van der Waals surface area (Å²) in [7, 11) is 0. The molecule has 0 saturated heterocycles. The largest absolute Gasteiger partial charge is 0.382 e. The first-order valence-electron chi connectivity index (χ1n) is 6.82. The van der Waals surface area contributed by atoms with E-state index in [0.29, 0.717) is 6.04 Å². The monoisotopic (exact) mass is 271 g/mol. The Morgan fingerprint density at radius 1 is 1.11 bits per heavy atom. The first kappa shape index (κ1) is 12.6. The molecular formula is C17H18ClN. The van der Waals surface area contributed by atoms with Crippen LogP contribution in [0.15, 0.2) is 42.5 Å². The Balaban J connectivity index is 1.73. The van der Waals surface area contributed by atoms with Crippen molar-refractivity contribution in [3.05, 3.63) is 64.2 Å². The highest BCUT2D eigenvalue weighted by molar-refractivity contribution is 6.31. The molecule has 0 heterocycles. The predicted octanol–water partition coefficient (Wildman–Crippen LogP) is 4.62. The minimum atomic E-state index is 0.508. The van der Waals surface area contributed by atoms with E-state index in [0.717, 1.165) is 29.1 Å². The summed E-state index contributed by atoms with van der Waals surface area (Å²) in [4.78, 5) is 0. The SMILES string of the molecule is Cc1ccc(NC2CCc3ccccc3C2)cc1Cl. The van der Waals surface area contributed by atoms with Crippen molar-refractivity contribution in [2.75, 3.05) is 5.32 Å². The van der Waals surface area contributed by atoms with Crippen molar-refractivity contribution in [3.8, 4) is 0 Å². The van der Waals surface area contributed by atoms with Crippen LogP contribution in [0.3, 0.4) is 0 Å². The smallest absolute Gasteiger partial charge is 0.0455 e. The average Bonchev–Trinajstić information content (AvgIpc) is 2.43. The van der Waals surface area contributed by atoms with Gasteiger partial charge < -0.3 is 5.32 Å². The second kappa shape index (κ2) is 5.26. The lowest BCUT2D eigenvalue weighted by Crippen LogP contribution is -2.27. The maximum absolute atomic E-state index is 6.17. The summed E-state index contributed by atoms with van der Waals surface area (Å²) in [5.41, 5.74) is 5.23. The summed E-state index contributed by atoms with van der Waals surface area (Å²) < 4.78 is 0. The maximum Gasteiger partial charge on any atom is 0.0455 e. The third-order valence-corrected chi connectivity index (χ3v) is 4.30. The first-order chi connectivity index (χ1) is 9.22. The van der Waals surface area contributed by atoms with E-state index in [2.05, 4.69) is 41.7 Å². The molecule has 2 aromatic rings. The van der Waals surface area contributed by atoms with E-state index in [-0.39, 0.29) is 0 Å². The molecule has 19 heavy (non-hydrogen) atoms. The molecular weight excluding hydrogens is 254 g/mol. The quantitative estimate of drug-likeness (QED) is 0.841. The molecule has 98 valence electrons. The van der Waals surface area contributed by atoms with Crippen LogP contribution >= 0.6 is 11.6 Å². The molecule has 0 radical (unpaired) electrons. The number of hydrogen-bond acceptors (Lipinski definition) is 1. The highest BCUT2D eigenvalue weighted by Gasteiger charge is 2.17. The van der Waals surface area contributed by atoms with Crippen molar-refractivity contribution in [2.45, 2.75) is 32.2 Å². The number of rotatable bonds is 2. The number of anilines is 1. The van der Waals surface area contributed by atoms with Crippen LogP contribution in [-0.4, -0.2) is 6.04 Å². The minimum Gasteiger partial charge on any atom is -0.382 e. The van der Waals surface area contributed by atoms with Crippen molar-refractivity contribution >= 4 is 17.3 Å². The second-order valence-electron chi connectivity index (χ2n) is 5.32. The minimum absolute atomic E-state index is 0.508. The fourth-order valence-corrected chi connectivity index (χ4v) is 2.92. The molecule has 0 fully saturated rings. The standard InChI is InChI=1S/C17H18ClN/c1-12-6-8-16(11-17(12)18)19-15-9-7-13-4-2-3-5-14(13)10-15/h2-6,8,11,15,19H,7,9-10H2,1H3. The van der Waals surface area contributed by atoms with Crippen LogP contribution in [0.25, 0.3) is 0 Å². The number of benzene rings is 2. The van der Waals surface area contributed by atoms with Gasteiger partial charge in [0.1, 0.15) is 0 Å². The van der Waals surface area contributed by atoms with Gasteiger partial charge in [0.15, 0.2) is 0 Å². The van der Waals surface area contributed by atoms with Crippen molar-refractivity contribution < 1.29 is 0 Å². The lowest BCUT2D eigenvalue weighted by atomic mass is 9.88. The van der Waals surface area contributed by atoms with Gasteiger partial charge in [0.2, 0.25) is 0 Å². The van der Waals surface area contributed by atoms with E-state index in [9.17, 15) is 0 Å². The molecule has 1 aliphatic carbocycles. The fraction of sp³-hybridized carbons (Fsp3) is 0.294. The molecule has 1 unspecified atom stereocenters. The van der Waals surface area contributed by atoms with Gasteiger partial charge in [-0.25, -0.2) is 0 Å². The van der Waals surface area contributed by atoms with Gasteiger partial charge in [-0.15, -0.1) is 0 Å².